The first-order valence-corrected chi connectivity index (χ1v) is 11.0. The molecule has 1 amide bonds. The number of nitrogens with zero attached hydrogens (tertiary/aromatic N) is 3. The number of hydrogen-bond donors (Lipinski definition) is 0. The monoisotopic (exact) mass is 431 g/mol. The number of benzene rings is 2. The van der Waals surface area contributed by atoms with E-state index in [4.69, 9.17) is 4.74 Å². The van der Waals surface area contributed by atoms with Crippen LogP contribution in [0.25, 0.3) is 5.57 Å². The van der Waals surface area contributed by atoms with E-state index in [-0.39, 0.29) is 6.09 Å². The second kappa shape index (κ2) is 11.3. The van der Waals surface area contributed by atoms with Gasteiger partial charge in [-0.15, -0.1) is 0 Å². The SMILES string of the molecule is C=C/C=C(\C=C(/C)CN1CCN(c2ccccc2OC(=O)N(C)C)CC1)c1ccccc1. The van der Waals surface area contributed by atoms with E-state index in [0.29, 0.717) is 5.75 Å². The standard InChI is InChI=1S/C27H33N3O2/c1-5-11-24(23-12-7-6-8-13-23)20-22(2)21-29-16-18-30(19-17-29)25-14-9-10-15-26(25)32-27(31)28(3)4/h5-15,20H,1,16-19,21H2,2-4H3/b22-20+,24-11+. The van der Waals surface area contributed by atoms with Crippen molar-refractivity contribution in [2.45, 2.75) is 6.92 Å². The van der Waals surface area contributed by atoms with Crippen LogP contribution in [0.4, 0.5) is 10.5 Å². The van der Waals surface area contributed by atoms with Crippen LogP contribution in [0.1, 0.15) is 12.5 Å². The maximum absolute atomic E-state index is 12.0. The summed E-state index contributed by atoms with van der Waals surface area (Å²) in [4.78, 5) is 18.2. The van der Waals surface area contributed by atoms with Gasteiger partial charge in [-0.1, -0.05) is 72.8 Å². The molecule has 0 saturated carbocycles. The van der Waals surface area contributed by atoms with Gasteiger partial charge in [-0.3, -0.25) is 4.90 Å². The number of carbonyl (C=O) groups is 1. The normalized spacial score (nSPS) is 15.4. The third kappa shape index (κ3) is 6.34. The van der Waals surface area contributed by atoms with Crippen molar-refractivity contribution < 1.29 is 9.53 Å². The molecule has 168 valence electrons. The van der Waals surface area contributed by atoms with Crippen LogP contribution >= 0.6 is 0 Å². The molecule has 32 heavy (non-hydrogen) atoms. The highest BCUT2D eigenvalue weighted by molar-refractivity contribution is 5.76. The van der Waals surface area contributed by atoms with Crippen molar-refractivity contribution in [2.75, 3.05) is 51.7 Å². The second-order valence-electron chi connectivity index (χ2n) is 8.21. The Morgan fingerprint density at radius 3 is 2.34 bits per heavy atom. The molecule has 2 aromatic rings. The Bertz CT molecular complexity index is 971. The van der Waals surface area contributed by atoms with Gasteiger partial charge in [-0.2, -0.15) is 0 Å². The minimum Gasteiger partial charge on any atom is -0.408 e. The highest BCUT2D eigenvalue weighted by Crippen LogP contribution is 2.29. The quantitative estimate of drug-likeness (QED) is 0.573. The fourth-order valence-corrected chi connectivity index (χ4v) is 3.79. The molecular formula is C27H33N3O2. The van der Waals surface area contributed by atoms with Gasteiger partial charge >= 0.3 is 6.09 Å². The number of anilines is 1. The highest BCUT2D eigenvalue weighted by atomic mass is 16.6. The zero-order valence-corrected chi connectivity index (χ0v) is 19.3. The number of para-hydroxylation sites is 2. The maximum atomic E-state index is 12.0. The molecule has 0 unspecified atom stereocenters. The molecule has 0 radical (unpaired) electrons. The third-order valence-electron chi connectivity index (χ3n) is 5.42. The first-order valence-electron chi connectivity index (χ1n) is 11.0. The summed E-state index contributed by atoms with van der Waals surface area (Å²) in [5.41, 5.74) is 4.65. The Hall–Kier alpha value is -3.31. The summed E-state index contributed by atoms with van der Waals surface area (Å²) in [5, 5.41) is 0. The summed E-state index contributed by atoms with van der Waals surface area (Å²) in [5.74, 6) is 0.609. The number of ether oxygens (including phenoxy) is 1. The van der Waals surface area contributed by atoms with E-state index >= 15 is 0 Å². The van der Waals surface area contributed by atoms with Crippen molar-refractivity contribution in [3.63, 3.8) is 0 Å². The van der Waals surface area contributed by atoms with Crippen LogP contribution in [-0.4, -0.2) is 62.7 Å². The van der Waals surface area contributed by atoms with E-state index in [1.54, 1.807) is 14.1 Å². The zero-order chi connectivity index (χ0) is 22.9. The molecule has 5 nitrogen and oxygen atoms in total. The molecule has 1 aliphatic rings. The summed E-state index contributed by atoms with van der Waals surface area (Å²) >= 11 is 0. The molecule has 0 aromatic heterocycles. The van der Waals surface area contributed by atoms with Crippen LogP contribution in [0.5, 0.6) is 5.75 Å². The molecule has 0 aliphatic carbocycles. The van der Waals surface area contributed by atoms with E-state index in [0.717, 1.165) is 38.4 Å². The lowest BCUT2D eigenvalue weighted by atomic mass is 10.0. The molecule has 1 fully saturated rings. The highest BCUT2D eigenvalue weighted by Gasteiger charge is 2.21. The van der Waals surface area contributed by atoms with Crippen LogP contribution in [-0.2, 0) is 0 Å². The minimum absolute atomic E-state index is 0.362. The van der Waals surface area contributed by atoms with Crippen LogP contribution < -0.4 is 9.64 Å². The Kier molecular flexibility index (Phi) is 8.28. The Morgan fingerprint density at radius 2 is 1.69 bits per heavy atom. The number of carbonyl (C=O) groups excluding carboxylic acids is 1. The summed E-state index contributed by atoms with van der Waals surface area (Å²) in [7, 11) is 3.38. The maximum Gasteiger partial charge on any atom is 0.414 e. The van der Waals surface area contributed by atoms with Gasteiger partial charge in [0.1, 0.15) is 0 Å². The van der Waals surface area contributed by atoms with E-state index in [9.17, 15) is 4.79 Å². The van der Waals surface area contributed by atoms with Gasteiger partial charge in [0.15, 0.2) is 5.75 Å². The number of allylic oxidation sites excluding steroid dienone is 4. The fraction of sp³-hybridized carbons (Fsp3) is 0.296. The predicted octanol–water partition coefficient (Wildman–Crippen LogP) is 5.08. The topological polar surface area (TPSA) is 36.0 Å². The zero-order valence-electron chi connectivity index (χ0n) is 19.3. The first kappa shape index (κ1) is 23.4. The second-order valence-corrected chi connectivity index (χ2v) is 8.21. The fourth-order valence-electron chi connectivity index (χ4n) is 3.79. The predicted molar refractivity (Wildman–Crippen MR) is 133 cm³/mol. The Balaban J connectivity index is 1.62. The van der Waals surface area contributed by atoms with Gasteiger partial charge in [-0.05, 0) is 30.2 Å². The number of piperazine rings is 1. The number of amides is 1. The molecule has 1 saturated heterocycles. The van der Waals surface area contributed by atoms with Gasteiger partial charge < -0.3 is 14.5 Å². The average molecular weight is 432 g/mol. The van der Waals surface area contributed by atoms with Gasteiger partial charge in [0.05, 0.1) is 5.69 Å². The van der Waals surface area contributed by atoms with Crippen molar-refractivity contribution in [3.05, 3.63) is 90.5 Å². The smallest absolute Gasteiger partial charge is 0.408 e. The average Bonchev–Trinajstić information content (AvgIpc) is 2.80. The molecule has 0 bridgehead atoms. The Morgan fingerprint density at radius 1 is 1.03 bits per heavy atom. The summed E-state index contributed by atoms with van der Waals surface area (Å²) in [6, 6.07) is 18.1. The van der Waals surface area contributed by atoms with E-state index < -0.39 is 0 Å². The van der Waals surface area contributed by atoms with Crippen molar-refractivity contribution in [1.82, 2.24) is 9.80 Å². The number of rotatable bonds is 7. The van der Waals surface area contributed by atoms with Crippen molar-refractivity contribution >= 4 is 17.4 Å². The van der Waals surface area contributed by atoms with E-state index in [2.05, 4.69) is 59.7 Å². The first-order chi connectivity index (χ1) is 15.5. The van der Waals surface area contributed by atoms with Gasteiger partial charge in [0, 0.05) is 46.8 Å². The van der Waals surface area contributed by atoms with Crippen molar-refractivity contribution in [3.8, 4) is 5.75 Å². The largest absolute Gasteiger partial charge is 0.414 e. The Labute approximate surface area is 191 Å². The van der Waals surface area contributed by atoms with Crippen LogP contribution in [0.2, 0.25) is 0 Å². The molecule has 1 aliphatic heterocycles. The molecule has 3 rings (SSSR count). The number of hydrogen-bond acceptors (Lipinski definition) is 4. The van der Waals surface area contributed by atoms with Gasteiger partial charge in [0.25, 0.3) is 0 Å². The van der Waals surface area contributed by atoms with Crippen molar-refractivity contribution in [1.29, 1.82) is 0 Å². The summed E-state index contributed by atoms with van der Waals surface area (Å²) in [6.07, 6.45) is 5.78. The lowest BCUT2D eigenvalue weighted by Gasteiger charge is -2.36. The van der Waals surface area contributed by atoms with Crippen LogP contribution in [0.3, 0.4) is 0 Å². The third-order valence-corrected chi connectivity index (χ3v) is 5.42. The molecule has 0 atom stereocenters. The molecule has 0 spiro atoms. The van der Waals surface area contributed by atoms with Gasteiger partial charge in [0.2, 0.25) is 0 Å². The van der Waals surface area contributed by atoms with E-state index in [1.807, 2.05) is 36.4 Å². The lowest BCUT2D eigenvalue weighted by Crippen LogP contribution is -2.47. The molecular weight excluding hydrogens is 398 g/mol. The van der Waals surface area contributed by atoms with E-state index in [1.165, 1.54) is 21.6 Å². The summed E-state index contributed by atoms with van der Waals surface area (Å²) < 4.78 is 5.57. The minimum atomic E-state index is -0.362. The van der Waals surface area contributed by atoms with Crippen LogP contribution in [0.15, 0.2) is 85.0 Å². The van der Waals surface area contributed by atoms with Crippen molar-refractivity contribution in [2.24, 2.45) is 0 Å². The molecule has 5 heteroatoms. The lowest BCUT2D eigenvalue weighted by molar-refractivity contribution is 0.172. The molecule has 0 N–H and O–H groups in total. The molecule has 2 aromatic carbocycles. The van der Waals surface area contributed by atoms with Crippen LogP contribution in [0, 0.1) is 0 Å². The summed E-state index contributed by atoms with van der Waals surface area (Å²) in [6.45, 7) is 10.6. The molecule has 1 heterocycles. The van der Waals surface area contributed by atoms with Gasteiger partial charge in [-0.25, -0.2) is 4.79 Å².